The average molecular weight is 223 g/mol. The molecule has 1 N–H and O–H groups in total. The molecule has 0 spiro atoms. The van der Waals surface area contributed by atoms with Gasteiger partial charge in [0.05, 0.1) is 6.20 Å². The Morgan fingerprint density at radius 3 is 2.81 bits per heavy atom. The second-order valence-corrected chi connectivity index (χ2v) is 4.48. The minimum absolute atomic E-state index is 0.608. The number of unbranched alkanes of at least 4 members (excludes halogenated alkanes) is 2. The van der Waals surface area contributed by atoms with Crippen LogP contribution < -0.4 is 5.32 Å². The lowest BCUT2D eigenvalue weighted by Gasteiger charge is -2.12. The lowest BCUT2D eigenvalue weighted by molar-refractivity contribution is 0.487. The van der Waals surface area contributed by atoms with Crippen molar-refractivity contribution in [2.24, 2.45) is 0 Å². The number of rotatable bonds is 8. The average Bonchev–Trinajstić information content (AvgIpc) is 2.74. The molecule has 0 amide bonds. The van der Waals surface area contributed by atoms with Gasteiger partial charge in [0, 0.05) is 30.9 Å². The van der Waals surface area contributed by atoms with E-state index in [1.807, 2.05) is 10.9 Å². The van der Waals surface area contributed by atoms with Gasteiger partial charge < -0.3 is 5.32 Å². The maximum atomic E-state index is 4.26. The van der Waals surface area contributed by atoms with Crippen LogP contribution in [-0.4, -0.2) is 15.8 Å². The molecule has 1 atom stereocenters. The van der Waals surface area contributed by atoms with E-state index in [0.29, 0.717) is 6.04 Å². The van der Waals surface area contributed by atoms with Crippen LogP contribution in [0, 0.1) is 0 Å². The van der Waals surface area contributed by atoms with E-state index in [9.17, 15) is 0 Å². The van der Waals surface area contributed by atoms with E-state index in [-0.39, 0.29) is 0 Å². The molecule has 0 aliphatic heterocycles. The second kappa shape index (κ2) is 7.44. The van der Waals surface area contributed by atoms with Crippen molar-refractivity contribution in [2.75, 3.05) is 0 Å². The van der Waals surface area contributed by atoms with E-state index in [0.717, 1.165) is 13.1 Å². The fraction of sp³-hybridized carbons (Fsp3) is 0.769. The highest BCUT2D eigenvalue weighted by atomic mass is 15.3. The van der Waals surface area contributed by atoms with Gasteiger partial charge in [-0.05, 0) is 20.3 Å². The maximum absolute atomic E-state index is 4.26. The molecule has 3 heteroatoms. The van der Waals surface area contributed by atoms with Crippen molar-refractivity contribution >= 4 is 0 Å². The molecular weight excluding hydrogens is 198 g/mol. The lowest BCUT2D eigenvalue weighted by Crippen LogP contribution is -2.25. The topological polar surface area (TPSA) is 29.9 Å². The number of nitrogens with one attached hydrogen (secondary N) is 1. The van der Waals surface area contributed by atoms with E-state index in [1.54, 1.807) is 0 Å². The van der Waals surface area contributed by atoms with E-state index >= 15 is 0 Å². The van der Waals surface area contributed by atoms with Gasteiger partial charge in [0.15, 0.2) is 0 Å². The zero-order valence-electron chi connectivity index (χ0n) is 10.9. The molecule has 0 aliphatic rings. The molecule has 0 saturated heterocycles. The van der Waals surface area contributed by atoms with Crippen molar-refractivity contribution < 1.29 is 0 Å². The summed E-state index contributed by atoms with van der Waals surface area (Å²) in [6.07, 6.45) is 9.32. The third kappa shape index (κ3) is 4.79. The molecule has 0 aliphatic carbocycles. The minimum Gasteiger partial charge on any atom is -0.310 e. The number of nitrogens with zero attached hydrogens (tertiary/aromatic N) is 2. The van der Waals surface area contributed by atoms with Crippen LogP contribution >= 0.6 is 0 Å². The van der Waals surface area contributed by atoms with Gasteiger partial charge in [-0.2, -0.15) is 5.10 Å². The third-order valence-electron chi connectivity index (χ3n) is 2.91. The van der Waals surface area contributed by atoms with Gasteiger partial charge in [-0.1, -0.05) is 26.2 Å². The molecule has 3 nitrogen and oxygen atoms in total. The molecule has 0 aromatic carbocycles. The van der Waals surface area contributed by atoms with Crippen molar-refractivity contribution in [1.29, 1.82) is 0 Å². The quantitative estimate of drug-likeness (QED) is 0.687. The summed E-state index contributed by atoms with van der Waals surface area (Å²) in [5.74, 6) is 0. The highest BCUT2D eigenvalue weighted by Gasteiger charge is 2.02. The van der Waals surface area contributed by atoms with Crippen molar-refractivity contribution in [2.45, 2.75) is 65.6 Å². The predicted octanol–water partition coefficient (Wildman–Crippen LogP) is 2.96. The van der Waals surface area contributed by atoms with Gasteiger partial charge in [0.1, 0.15) is 0 Å². The first-order valence-electron chi connectivity index (χ1n) is 6.51. The van der Waals surface area contributed by atoms with Crippen molar-refractivity contribution in [1.82, 2.24) is 15.1 Å². The van der Waals surface area contributed by atoms with Crippen LogP contribution in [0.5, 0.6) is 0 Å². The first-order valence-corrected chi connectivity index (χ1v) is 6.51. The normalized spacial score (nSPS) is 12.9. The summed E-state index contributed by atoms with van der Waals surface area (Å²) in [5.41, 5.74) is 1.28. The van der Waals surface area contributed by atoms with Crippen molar-refractivity contribution in [3.63, 3.8) is 0 Å². The van der Waals surface area contributed by atoms with E-state index in [4.69, 9.17) is 0 Å². The van der Waals surface area contributed by atoms with Gasteiger partial charge in [-0.15, -0.1) is 0 Å². The Balaban J connectivity index is 2.18. The number of hydrogen-bond acceptors (Lipinski definition) is 2. The van der Waals surface area contributed by atoms with Crippen LogP contribution in [0.2, 0.25) is 0 Å². The summed E-state index contributed by atoms with van der Waals surface area (Å²) in [6.45, 7) is 8.51. The molecule has 1 rings (SSSR count). The Morgan fingerprint density at radius 2 is 2.19 bits per heavy atom. The molecule has 0 radical (unpaired) electrons. The van der Waals surface area contributed by atoms with Crippen LogP contribution in [0.25, 0.3) is 0 Å². The number of hydrogen-bond donors (Lipinski definition) is 1. The third-order valence-corrected chi connectivity index (χ3v) is 2.91. The van der Waals surface area contributed by atoms with Crippen molar-refractivity contribution in [3.8, 4) is 0 Å². The first-order chi connectivity index (χ1) is 7.76. The maximum Gasteiger partial charge on any atom is 0.0534 e. The molecule has 92 valence electrons. The Bertz CT molecular complexity index is 280. The summed E-state index contributed by atoms with van der Waals surface area (Å²) in [6, 6.07) is 0.608. The largest absolute Gasteiger partial charge is 0.310 e. The number of aromatic nitrogens is 2. The minimum atomic E-state index is 0.608. The van der Waals surface area contributed by atoms with E-state index < -0.39 is 0 Å². The van der Waals surface area contributed by atoms with Gasteiger partial charge in [0.25, 0.3) is 0 Å². The van der Waals surface area contributed by atoms with E-state index in [2.05, 4.69) is 37.4 Å². The highest BCUT2D eigenvalue weighted by Crippen LogP contribution is 2.04. The molecular formula is C13H25N3. The standard InChI is InChI=1S/C13H25N3/c1-4-6-7-8-12(3)14-9-13-10-15-16(5-2)11-13/h10-12,14H,4-9H2,1-3H3. The molecule has 1 heterocycles. The predicted molar refractivity (Wildman–Crippen MR) is 68.3 cm³/mol. The van der Waals surface area contributed by atoms with Crippen LogP contribution in [0.15, 0.2) is 12.4 Å². The summed E-state index contributed by atoms with van der Waals surface area (Å²) < 4.78 is 1.97. The Morgan fingerprint density at radius 1 is 1.38 bits per heavy atom. The molecule has 0 fully saturated rings. The zero-order valence-corrected chi connectivity index (χ0v) is 10.9. The summed E-state index contributed by atoms with van der Waals surface area (Å²) in [5, 5.41) is 7.81. The van der Waals surface area contributed by atoms with Crippen LogP contribution in [0.4, 0.5) is 0 Å². The second-order valence-electron chi connectivity index (χ2n) is 4.48. The molecule has 1 aromatic rings. The molecule has 16 heavy (non-hydrogen) atoms. The van der Waals surface area contributed by atoms with Gasteiger partial charge in [-0.3, -0.25) is 4.68 Å². The fourth-order valence-corrected chi connectivity index (χ4v) is 1.77. The summed E-state index contributed by atoms with van der Waals surface area (Å²) in [7, 11) is 0. The Kier molecular flexibility index (Phi) is 6.16. The van der Waals surface area contributed by atoms with E-state index in [1.165, 1.54) is 31.2 Å². The van der Waals surface area contributed by atoms with Crippen LogP contribution in [-0.2, 0) is 13.1 Å². The van der Waals surface area contributed by atoms with Gasteiger partial charge >= 0.3 is 0 Å². The summed E-state index contributed by atoms with van der Waals surface area (Å²) >= 11 is 0. The first kappa shape index (κ1) is 13.2. The zero-order chi connectivity index (χ0) is 11.8. The molecule has 0 bridgehead atoms. The Labute approximate surface area is 99.2 Å². The molecule has 0 saturated carbocycles. The highest BCUT2D eigenvalue weighted by molar-refractivity contribution is 5.03. The summed E-state index contributed by atoms with van der Waals surface area (Å²) in [4.78, 5) is 0. The van der Waals surface area contributed by atoms with Gasteiger partial charge in [-0.25, -0.2) is 0 Å². The monoisotopic (exact) mass is 223 g/mol. The molecule has 1 unspecified atom stereocenters. The lowest BCUT2D eigenvalue weighted by atomic mass is 10.1. The fourth-order valence-electron chi connectivity index (χ4n) is 1.77. The SMILES string of the molecule is CCCCCC(C)NCc1cnn(CC)c1. The smallest absolute Gasteiger partial charge is 0.0534 e. The van der Waals surface area contributed by atoms with Gasteiger partial charge in [0.2, 0.25) is 0 Å². The Hall–Kier alpha value is -0.830. The van der Waals surface area contributed by atoms with Crippen molar-refractivity contribution in [3.05, 3.63) is 18.0 Å². The van der Waals surface area contributed by atoms with Crippen LogP contribution in [0.3, 0.4) is 0 Å². The molecule has 1 aromatic heterocycles. The van der Waals surface area contributed by atoms with Crippen LogP contribution in [0.1, 0.15) is 52.0 Å². The number of aryl methyl sites for hydroxylation is 1.